The van der Waals surface area contributed by atoms with Crippen molar-refractivity contribution in [3.05, 3.63) is 32.4 Å². The van der Waals surface area contributed by atoms with Gasteiger partial charge >= 0.3 is 0 Å². The minimum absolute atomic E-state index is 0.0356. The minimum Gasteiger partial charge on any atom is -0.393 e. The molecule has 19 heavy (non-hydrogen) atoms. The lowest BCUT2D eigenvalue weighted by Gasteiger charge is -2.19. The van der Waals surface area contributed by atoms with E-state index in [1.54, 1.807) is 12.1 Å². The first-order valence-corrected chi connectivity index (χ1v) is 7.94. The number of hydrogen-bond acceptors (Lipinski definition) is 2. The van der Waals surface area contributed by atoms with E-state index in [9.17, 15) is 9.90 Å². The van der Waals surface area contributed by atoms with Gasteiger partial charge in [0.1, 0.15) is 0 Å². The van der Waals surface area contributed by atoms with Crippen LogP contribution in [-0.2, 0) is 0 Å². The van der Waals surface area contributed by atoms with E-state index in [0.717, 1.165) is 23.0 Å². The SMILES string of the molecule is O=C(c1cc(Cl)ccc1I)N1CC2CCC(O)C2C1. The van der Waals surface area contributed by atoms with Crippen LogP contribution in [-0.4, -0.2) is 35.1 Å². The number of halogens is 2. The molecule has 0 radical (unpaired) electrons. The predicted molar refractivity (Wildman–Crippen MR) is 82.3 cm³/mol. The Morgan fingerprint density at radius 3 is 2.89 bits per heavy atom. The zero-order valence-electron chi connectivity index (χ0n) is 10.4. The summed E-state index contributed by atoms with van der Waals surface area (Å²) < 4.78 is 0.921. The van der Waals surface area contributed by atoms with Crippen molar-refractivity contribution in [2.75, 3.05) is 13.1 Å². The molecule has 1 aromatic carbocycles. The highest BCUT2D eigenvalue weighted by molar-refractivity contribution is 14.1. The highest BCUT2D eigenvalue weighted by Gasteiger charge is 2.43. The Balaban J connectivity index is 1.80. The van der Waals surface area contributed by atoms with Gasteiger partial charge in [0.15, 0.2) is 0 Å². The van der Waals surface area contributed by atoms with E-state index in [-0.39, 0.29) is 17.9 Å². The van der Waals surface area contributed by atoms with Crippen molar-refractivity contribution in [1.29, 1.82) is 0 Å². The van der Waals surface area contributed by atoms with E-state index in [2.05, 4.69) is 22.6 Å². The second kappa shape index (κ2) is 5.22. The normalized spacial score (nSPS) is 29.6. The van der Waals surface area contributed by atoms with Gasteiger partial charge < -0.3 is 10.0 Å². The number of rotatable bonds is 1. The first-order chi connectivity index (χ1) is 9.06. The quantitative estimate of drug-likeness (QED) is 0.748. The first-order valence-electron chi connectivity index (χ1n) is 6.48. The summed E-state index contributed by atoms with van der Waals surface area (Å²) in [5, 5.41) is 10.5. The van der Waals surface area contributed by atoms with Crippen molar-refractivity contribution in [3.63, 3.8) is 0 Å². The summed E-state index contributed by atoms with van der Waals surface area (Å²) in [5.74, 6) is 0.769. The van der Waals surface area contributed by atoms with Crippen LogP contribution < -0.4 is 0 Å². The molecule has 3 unspecified atom stereocenters. The third-order valence-corrected chi connectivity index (χ3v) is 5.44. The Hall–Kier alpha value is -0.330. The molecule has 0 bridgehead atoms. The Labute approximate surface area is 131 Å². The van der Waals surface area contributed by atoms with Crippen LogP contribution in [0.4, 0.5) is 0 Å². The molecule has 1 saturated carbocycles. The fourth-order valence-corrected chi connectivity index (χ4v) is 3.97. The second-order valence-corrected chi connectivity index (χ2v) is 7.00. The lowest BCUT2D eigenvalue weighted by Crippen LogP contribution is -2.31. The lowest BCUT2D eigenvalue weighted by molar-refractivity contribution is 0.0751. The molecular formula is C14H15ClINO2. The van der Waals surface area contributed by atoms with Gasteiger partial charge in [-0.1, -0.05) is 11.6 Å². The van der Waals surface area contributed by atoms with Gasteiger partial charge in [0.25, 0.3) is 5.91 Å². The zero-order chi connectivity index (χ0) is 13.6. The third kappa shape index (κ3) is 2.50. The molecule has 1 amide bonds. The fourth-order valence-electron chi connectivity index (χ4n) is 3.23. The van der Waals surface area contributed by atoms with Gasteiger partial charge in [0.05, 0.1) is 11.7 Å². The van der Waals surface area contributed by atoms with Gasteiger partial charge in [-0.3, -0.25) is 4.79 Å². The molecule has 102 valence electrons. The van der Waals surface area contributed by atoms with Crippen LogP contribution in [0.2, 0.25) is 5.02 Å². The number of likely N-dealkylation sites (tertiary alicyclic amines) is 1. The lowest BCUT2D eigenvalue weighted by atomic mass is 10.00. The van der Waals surface area contributed by atoms with E-state index < -0.39 is 0 Å². The third-order valence-electron chi connectivity index (χ3n) is 4.27. The largest absolute Gasteiger partial charge is 0.393 e. The van der Waals surface area contributed by atoms with Gasteiger partial charge in [-0.15, -0.1) is 0 Å². The van der Waals surface area contributed by atoms with Gasteiger partial charge in [-0.2, -0.15) is 0 Å². The number of nitrogens with zero attached hydrogens (tertiary/aromatic N) is 1. The summed E-state index contributed by atoms with van der Waals surface area (Å²) in [5.41, 5.74) is 0.669. The summed E-state index contributed by atoms with van der Waals surface area (Å²) in [7, 11) is 0. The van der Waals surface area contributed by atoms with E-state index in [0.29, 0.717) is 23.0 Å². The molecule has 1 N–H and O–H groups in total. The predicted octanol–water partition coefficient (Wildman–Crippen LogP) is 2.79. The summed E-state index contributed by atoms with van der Waals surface area (Å²) in [4.78, 5) is 14.4. The summed E-state index contributed by atoms with van der Waals surface area (Å²) in [6.07, 6.45) is 1.68. The molecule has 3 atom stereocenters. The monoisotopic (exact) mass is 391 g/mol. The maximum atomic E-state index is 12.5. The molecular weight excluding hydrogens is 377 g/mol. The van der Waals surface area contributed by atoms with E-state index in [4.69, 9.17) is 11.6 Å². The maximum Gasteiger partial charge on any atom is 0.255 e. The van der Waals surface area contributed by atoms with Gasteiger partial charge in [-0.05, 0) is 59.5 Å². The number of amides is 1. The molecule has 0 spiro atoms. The number of aliphatic hydroxyl groups is 1. The van der Waals surface area contributed by atoms with Crippen LogP contribution in [0, 0.1) is 15.4 Å². The van der Waals surface area contributed by atoms with E-state index >= 15 is 0 Å². The van der Waals surface area contributed by atoms with Crippen molar-refractivity contribution in [1.82, 2.24) is 4.90 Å². The zero-order valence-corrected chi connectivity index (χ0v) is 13.3. The summed E-state index contributed by atoms with van der Waals surface area (Å²) >= 11 is 8.13. The van der Waals surface area contributed by atoms with Crippen molar-refractivity contribution in [2.24, 2.45) is 11.8 Å². The molecule has 1 aromatic rings. The number of carbonyl (C=O) groups is 1. The van der Waals surface area contributed by atoms with Crippen LogP contribution >= 0.6 is 34.2 Å². The van der Waals surface area contributed by atoms with Crippen molar-refractivity contribution < 1.29 is 9.90 Å². The Bertz CT molecular complexity index is 522. The van der Waals surface area contributed by atoms with Crippen LogP contribution in [0.5, 0.6) is 0 Å². The van der Waals surface area contributed by atoms with Crippen molar-refractivity contribution in [2.45, 2.75) is 18.9 Å². The molecule has 0 aromatic heterocycles. The van der Waals surface area contributed by atoms with Crippen molar-refractivity contribution in [3.8, 4) is 0 Å². The first kappa shape index (κ1) is 13.6. The van der Waals surface area contributed by atoms with E-state index in [1.807, 2.05) is 11.0 Å². The molecule has 3 nitrogen and oxygen atoms in total. The molecule has 2 fully saturated rings. The number of carbonyl (C=O) groups excluding carboxylic acids is 1. The minimum atomic E-state index is -0.235. The smallest absolute Gasteiger partial charge is 0.255 e. The standard InChI is InChI=1S/C14H15ClINO2/c15-9-2-3-12(16)10(5-9)14(19)17-6-8-1-4-13(18)11(8)7-17/h2-3,5,8,11,13,18H,1,4,6-7H2. The van der Waals surface area contributed by atoms with Crippen molar-refractivity contribution >= 4 is 40.1 Å². The molecule has 1 aliphatic heterocycles. The number of benzene rings is 1. The van der Waals surface area contributed by atoms with Crippen LogP contribution in [0.3, 0.4) is 0 Å². The Kier molecular flexibility index (Phi) is 3.75. The fraction of sp³-hybridized carbons (Fsp3) is 0.500. The molecule has 3 rings (SSSR count). The maximum absolute atomic E-state index is 12.5. The average Bonchev–Trinajstić information content (AvgIpc) is 2.94. The van der Waals surface area contributed by atoms with E-state index in [1.165, 1.54) is 0 Å². The van der Waals surface area contributed by atoms with Gasteiger partial charge in [-0.25, -0.2) is 0 Å². The van der Waals surface area contributed by atoms with Crippen LogP contribution in [0.15, 0.2) is 18.2 Å². The average molecular weight is 392 g/mol. The Morgan fingerprint density at radius 1 is 1.37 bits per heavy atom. The number of aliphatic hydroxyl groups excluding tert-OH is 1. The number of hydrogen-bond donors (Lipinski definition) is 1. The van der Waals surface area contributed by atoms with Crippen LogP contribution in [0.1, 0.15) is 23.2 Å². The molecule has 1 saturated heterocycles. The highest BCUT2D eigenvalue weighted by atomic mass is 127. The summed E-state index contributed by atoms with van der Waals surface area (Å²) in [6, 6.07) is 5.39. The topological polar surface area (TPSA) is 40.5 Å². The van der Waals surface area contributed by atoms with Gasteiger partial charge in [0, 0.05) is 27.6 Å². The Morgan fingerprint density at radius 2 is 2.16 bits per heavy atom. The molecule has 1 heterocycles. The molecule has 5 heteroatoms. The summed E-state index contributed by atoms with van der Waals surface area (Å²) in [6.45, 7) is 1.44. The number of fused-ring (bicyclic) bond motifs is 1. The molecule has 2 aliphatic rings. The second-order valence-electron chi connectivity index (χ2n) is 5.40. The van der Waals surface area contributed by atoms with Crippen LogP contribution in [0.25, 0.3) is 0 Å². The molecule has 1 aliphatic carbocycles. The highest BCUT2D eigenvalue weighted by Crippen LogP contribution is 2.38. The van der Waals surface area contributed by atoms with Gasteiger partial charge in [0.2, 0.25) is 0 Å².